The van der Waals surface area contributed by atoms with Gasteiger partial charge in [-0.05, 0) is 23.8 Å². The quantitative estimate of drug-likeness (QED) is 0.635. The van der Waals surface area contributed by atoms with Gasteiger partial charge in [0.15, 0.2) is 5.96 Å². The van der Waals surface area contributed by atoms with Crippen molar-refractivity contribution in [2.45, 2.75) is 13.2 Å². The smallest absolute Gasteiger partial charge is 0.193 e. The van der Waals surface area contributed by atoms with E-state index in [2.05, 4.69) is 10.3 Å². The summed E-state index contributed by atoms with van der Waals surface area (Å²) in [4.78, 5) is 4.35. The molecule has 0 fully saturated rings. The molecule has 2 aromatic carbocycles. The fourth-order valence-electron chi connectivity index (χ4n) is 2.05. The standard InChI is InChI=1S/C17H21N3O2/c1-21-12-14-7-3-4-9-16(14)20-17(18)19-11-13-6-5-8-15(10-13)22-2/h3-10H,11-12H2,1-2H3,(H3,18,19,20). The van der Waals surface area contributed by atoms with Gasteiger partial charge in [0.1, 0.15) is 5.75 Å². The summed E-state index contributed by atoms with van der Waals surface area (Å²) >= 11 is 0. The highest BCUT2D eigenvalue weighted by molar-refractivity contribution is 5.92. The minimum atomic E-state index is 0.367. The predicted octanol–water partition coefficient (Wildman–Crippen LogP) is 2.77. The first-order valence-corrected chi connectivity index (χ1v) is 6.99. The molecule has 0 saturated heterocycles. The van der Waals surface area contributed by atoms with E-state index in [1.165, 1.54) is 0 Å². The third kappa shape index (κ3) is 4.49. The Morgan fingerprint density at radius 3 is 2.73 bits per heavy atom. The van der Waals surface area contributed by atoms with Crippen molar-refractivity contribution >= 4 is 11.6 Å². The number of para-hydroxylation sites is 1. The number of hydrogen-bond acceptors (Lipinski definition) is 3. The Balaban J connectivity index is 2.03. The van der Waals surface area contributed by atoms with Gasteiger partial charge in [-0.3, -0.25) is 0 Å². The number of methoxy groups -OCH3 is 2. The summed E-state index contributed by atoms with van der Waals surface area (Å²) in [5.74, 6) is 1.18. The van der Waals surface area contributed by atoms with Crippen LogP contribution in [0.25, 0.3) is 0 Å². The average Bonchev–Trinajstić information content (AvgIpc) is 2.55. The third-order valence-electron chi connectivity index (χ3n) is 3.15. The summed E-state index contributed by atoms with van der Waals surface area (Å²) < 4.78 is 10.4. The van der Waals surface area contributed by atoms with Crippen LogP contribution in [0.3, 0.4) is 0 Å². The molecule has 0 unspecified atom stereocenters. The summed E-state index contributed by atoms with van der Waals surface area (Å²) in [6.45, 7) is 1.01. The van der Waals surface area contributed by atoms with Crippen LogP contribution in [0.1, 0.15) is 11.1 Å². The second kappa shape index (κ2) is 8.05. The Bertz CT molecular complexity index is 641. The van der Waals surface area contributed by atoms with Gasteiger partial charge in [-0.1, -0.05) is 30.3 Å². The molecule has 0 aromatic heterocycles. The molecule has 2 aromatic rings. The van der Waals surface area contributed by atoms with Crippen molar-refractivity contribution < 1.29 is 9.47 Å². The van der Waals surface area contributed by atoms with E-state index in [1.54, 1.807) is 14.2 Å². The SMILES string of the molecule is COCc1ccccc1NC(N)=NCc1cccc(OC)c1. The number of rotatable bonds is 6. The Morgan fingerprint density at radius 2 is 1.95 bits per heavy atom. The number of nitrogens with two attached hydrogens (primary N) is 1. The van der Waals surface area contributed by atoms with E-state index in [1.807, 2.05) is 48.5 Å². The van der Waals surface area contributed by atoms with Gasteiger partial charge in [-0.15, -0.1) is 0 Å². The van der Waals surface area contributed by atoms with Crippen molar-refractivity contribution in [2.24, 2.45) is 10.7 Å². The highest BCUT2D eigenvalue weighted by atomic mass is 16.5. The van der Waals surface area contributed by atoms with Crippen molar-refractivity contribution in [3.05, 3.63) is 59.7 Å². The normalized spacial score (nSPS) is 11.3. The van der Waals surface area contributed by atoms with Gasteiger partial charge in [0, 0.05) is 18.4 Å². The summed E-state index contributed by atoms with van der Waals surface area (Å²) in [7, 11) is 3.31. The second-order valence-corrected chi connectivity index (χ2v) is 4.77. The van der Waals surface area contributed by atoms with Crippen molar-refractivity contribution in [3.8, 4) is 5.75 Å². The lowest BCUT2D eigenvalue weighted by Crippen LogP contribution is -2.23. The number of anilines is 1. The molecule has 22 heavy (non-hydrogen) atoms. The van der Waals surface area contributed by atoms with Crippen LogP contribution in [0.5, 0.6) is 5.75 Å². The number of nitrogens with zero attached hydrogens (tertiary/aromatic N) is 1. The molecule has 2 rings (SSSR count). The Kier molecular flexibility index (Phi) is 5.80. The van der Waals surface area contributed by atoms with E-state index in [0.717, 1.165) is 22.6 Å². The fraction of sp³-hybridized carbons (Fsp3) is 0.235. The van der Waals surface area contributed by atoms with Crippen LogP contribution < -0.4 is 15.8 Å². The van der Waals surface area contributed by atoms with Gasteiger partial charge in [0.05, 0.1) is 20.3 Å². The molecule has 0 atom stereocenters. The first kappa shape index (κ1) is 15.9. The van der Waals surface area contributed by atoms with Crippen LogP contribution in [0, 0.1) is 0 Å². The fourth-order valence-corrected chi connectivity index (χ4v) is 2.05. The second-order valence-electron chi connectivity index (χ2n) is 4.77. The van der Waals surface area contributed by atoms with Gasteiger partial charge >= 0.3 is 0 Å². The average molecular weight is 299 g/mol. The number of nitrogens with one attached hydrogen (secondary N) is 1. The lowest BCUT2D eigenvalue weighted by molar-refractivity contribution is 0.185. The zero-order valence-electron chi connectivity index (χ0n) is 12.9. The van der Waals surface area contributed by atoms with Gasteiger partial charge < -0.3 is 20.5 Å². The zero-order chi connectivity index (χ0) is 15.8. The molecule has 5 nitrogen and oxygen atoms in total. The zero-order valence-corrected chi connectivity index (χ0v) is 12.9. The highest BCUT2D eigenvalue weighted by Crippen LogP contribution is 2.16. The minimum Gasteiger partial charge on any atom is -0.497 e. The van der Waals surface area contributed by atoms with Crippen molar-refractivity contribution in [3.63, 3.8) is 0 Å². The molecule has 0 spiro atoms. The molecule has 0 aliphatic rings. The molecule has 0 aliphatic heterocycles. The Morgan fingerprint density at radius 1 is 1.14 bits per heavy atom. The van der Waals surface area contributed by atoms with E-state index in [9.17, 15) is 0 Å². The molecule has 0 heterocycles. The van der Waals surface area contributed by atoms with E-state index in [4.69, 9.17) is 15.2 Å². The molecular formula is C17H21N3O2. The molecular weight excluding hydrogens is 278 g/mol. The maximum absolute atomic E-state index is 5.96. The van der Waals surface area contributed by atoms with Crippen LogP contribution in [-0.2, 0) is 17.9 Å². The van der Waals surface area contributed by atoms with Gasteiger partial charge in [0.2, 0.25) is 0 Å². The van der Waals surface area contributed by atoms with Crippen LogP contribution in [-0.4, -0.2) is 20.2 Å². The summed E-state index contributed by atoms with van der Waals surface area (Å²) in [6, 6.07) is 15.6. The third-order valence-corrected chi connectivity index (χ3v) is 3.15. The van der Waals surface area contributed by atoms with E-state index >= 15 is 0 Å². The van der Waals surface area contributed by atoms with E-state index < -0.39 is 0 Å². The maximum Gasteiger partial charge on any atom is 0.193 e. The molecule has 0 bridgehead atoms. The highest BCUT2D eigenvalue weighted by Gasteiger charge is 2.02. The Labute approximate surface area is 130 Å². The molecule has 0 amide bonds. The maximum atomic E-state index is 5.96. The number of aliphatic imine (C=N–C) groups is 1. The molecule has 0 radical (unpaired) electrons. The monoisotopic (exact) mass is 299 g/mol. The lowest BCUT2D eigenvalue weighted by atomic mass is 10.2. The minimum absolute atomic E-state index is 0.367. The lowest BCUT2D eigenvalue weighted by Gasteiger charge is -2.11. The Hall–Kier alpha value is -2.53. The van der Waals surface area contributed by atoms with Crippen LogP contribution in [0.4, 0.5) is 5.69 Å². The van der Waals surface area contributed by atoms with Crippen molar-refractivity contribution in [2.75, 3.05) is 19.5 Å². The summed E-state index contributed by atoms with van der Waals surface area (Å²) in [5.41, 5.74) is 8.92. The van der Waals surface area contributed by atoms with Crippen molar-refractivity contribution in [1.29, 1.82) is 0 Å². The topological polar surface area (TPSA) is 68.9 Å². The summed E-state index contributed by atoms with van der Waals surface area (Å²) in [6.07, 6.45) is 0. The first-order chi connectivity index (χ1) is 10.7. The number of guanidine groups is 1. The predicted molar refractivity (Wildman–Crippen MR) is 89.1 cm³/mol. The van der Waals surface area contributed by atoms with Crippen LogP contribution in [0.2, 0.25) is 0 Å². The first-order valence-electron chi connectivity index (χ1n) is 6.99. The largest absolute Gasteiger partial charge is 0.497 e. The van der Waals surface area contributed by atoms with Crippen LogP contribution >= 0.6 is 0 Å². The molecule has 116 valence electrons. The van der Waals surface area contributed by atoms with Crippen LogP contribution in [0.15, 0.2) is 53.5 Å². The van der Waals surface area contributed by atoms with E-state index in [0.29, 0.717) is 19.1 Å². The number of hydrogen-bond donors (Lipinski definition) is 2. The molecule has 0 saturated carbocycles. The van der Waals surface area contributed by atoms with E-state index in [-0.39, 0.29) is 0 Å². The van der Waals surface area contributed by atoms with Crippen molar-refractivity contribution in [1.82, 2.24) is 0 Å². The van der Waals surface area contributed by atoms with Gasteiger partial charge in [-0.2, -0.15) is 0 Å². The number of ether oxygens (including phenoxy) is 2. The molecule has 5 heteroatoms. The van der Waals surface area contributed by atoms with Gasteiger partial charge in [0.25, 0.3) is 0 Å². The molecule has 3 N–H and O–H groups in total. The van der Waals surface area contributed by atoms with Gasteiger partial charge in [-0.25, -0.2) is 4.99 Å². The summed E-state index contributed by atoms with van der Waals surface area (Å²) in [5, 5.41) is 3.11. The molecule has 0 aliphatic carbocycles. The number of benzene rings is 2.